The molecule has 0 aromatic carbocycles. The van der Waals surface area contributed by atoms with Crippen molar-refractivity contribution in [3.63, 3.8) is 0 Å². The van der Waals surface area contributed by atoms with E-state index < -0.39 is 4.92 Å². The predicted octanol–water partition coefficient (Wildman–Crippen LogP) is 0.244. The fourth-order valence-electron chi connectivity index (χ4n) is 1.31. The molecule has 0 aliphatic rings. The van der Waals surface area contributed by atoms with Gasteiger partial charge in [-0.15, -0.1) is 0 Å². The van der Waals surface area contributed by atoms with Gasteiger partial charge >= 0.3 is 5.69 Å². The minimum Gasteiger partial charge on any atom is -0.394 e. The average molecular weight is 241 g/mol. The molecule has 17 heavy (non-hydrogen) atoms. The normalized spacial score (nSPS) is 12.0. The van der Waals surface area contributed by atoms with Crippen molar-refractivity contribution in [2.75, 3.05) is 30.9 Å². The van der Waals surface area contributed by atoms with E-state index in [-0.39, 0.29) is 30.0 Å². The maximum Gasteiger partial charge on any atom is 0.353 e. The third-order valence-electron chi connectivity index (χ3n) is 2.48. The Morgan fingerprint density at radius 2 is 2.29 bits per heavy atom. The zero-order chi connectivity index (χ0) is 13.0. The number of nitrogens with zero attached hydrogens (tertiary/aromatic N) is 4. The Morgan fingerprint density at radius 3 is 2.76 bits per heavy atom. The summed E-state index contributed by atoms with van der Waals surface area (Å²) < 4.78 is 0. The molecule has 0 radical (unpaired) electrons. The lowest BCUT2D eigenvalue weighted by molar-refractivity contribution is -0.383. The predicted molar refractivity (Wildman–Crippen MR) is 63.2 cm³/mol. The lowest BCUT2D eigenvalue weighted by Gasteiger charge is -2.23. The summed E-state index contributed by atoms with van der Waals surface area (Å²) in [4.78, 5) is 19.7. The first kappa shape index (κ1) is 13.1. The minimum absolute atomic E-state index is 0.119. The number of nitrogens with one attached hydrogen (secondary N) is 1. The van der Waals surface area contributed by atoms with Crippen LogP contribution in [0.1, 0.15) is 6.92 Å². The molecule has 1 aromatic heterocycles. The van der Waals surface area contributed by atoms with Gasteiger partial charge in [0.05, 0.1) is 17.6 Å². The first-order valence-electron chi connectivity index (χ1n) is 5.03. The van der Waals surface area contributed by atoms with Gasteiger partial charge < -0.3 is 15.3 Å². The first-order chi connectivity index (χ1) is 8.02. The fraction of sp³-hybridized carbons (Fsp3) is 0.556. The van der Waals surface area contributed by atoms with E-state index in [9.17, 15) is 10.1 Å². The zero-order valence-corrected chi connectivity index (χ0v) is 9.91. The van der Waals surface area contributed by atoms with Crippen LogP contribution in [0.25, 0.3) is 0 Å². The van der Waals surface area contributed by atoms with Crippen molar-refractivity contribution in [1.29, 1.82) is 0 Å². The number of likely N-dealkylation sites (N-methyl/N-ethyl adjacent to an activating group) is 1. The van der Waals surface area contributed by atoms with Crippen molar-refractivity contribution < 1.29 is 10.0 Å². The van der Waals surface area contributed by atoms with Crippen molar-refractivity contribution in [2.45, 2.75) is 13.0 Å². The fourth-order valence-corrected chi connectivity index (χ4v) is 1.31. The smallest absolute Gasteiger partial charge is 0.353 e. The van der Waals surface area contributed by atoms with Gasteiger partial charge in [0, 0.05) is 14.1 Å². The molecule has 1 aromatic rings. The van der Waals surface area contributed by atoms with Crippen molar-refractivity contribution in [3.8, 4) is 0 Å². The lowest BCUT2D eigenvalue weighted by atomic mass is 10.3. The largest absolute Gasteiger partial charge is 0.394 e. The van der Waals surface area contributed by atoms with Crippen LogP contribution >= 0.6 is 0 Å². The minimum atomic E-state index is -0.540. The summed E-state index contributed by atoms with van der Waals surface area (Å²) in [6.45, 7) is 1.62. The van der Waals surface area contributed by atoms with E-state index >= 15 is 0 Å². The highest BCUT2D eigenvalue weighted by molar-refractivity contribution is 5.70. The topological polar surface area (TPSA) is 104 Å². The summed E-state index contributed by atoms with van der Waals surface area (Å²) in [6, 6.07) is -0.270. The van der Waals surface area contributed by atoms with Gasteiger partial charge in [0.25, 0.3) is 0 Å². The third-order valence-corrected chi connectivity index (χ3v) is 2.48. The van der Waals surface area contributed by atoms with Gasteiger partial charge in [0.15, 0.2) is 0 Å². The van der Waals surface area contributed by atoms with Gasteiger partial charge in [0.1, 0.15) is 6.33 Å². The molecule has 0 bridgehead atoms. The van der Waals surface area contributed by atoms with Crippen molar-refractivity contribution in [2.24, 2.45) is 0 Å². The van der Waals surface area contributed by atoms with Crippen LogP contribution in [-0.2, 0) is 0 Å². The van der Waals surface area contributed by atoms with E-state index in [1.165, 1.54) is 6.33 Å². The van der Waals surface area contributed by atoms with Crippen molar-refractivity contribution in [1.82, 2.24) is 9.97 Å². The number of nitro groups is 1. The molecule has 8 nitrogen and oxygen atoms in total. The third kappa shape index (κ3) is 2.59. The van der Waals surface area contributed by atoms with Crippen LogP contribution in [0.2, 0.25) is 0 Å². The number of rotatable bonds is 5. The number of aliphatic hydroxyl groups excluding tert-OH is 1. The van der Waals surface area contributed by atoms with Crippen LogP contribution < -0.4 is 10.2 Å². The van der Waals surface area contributed by atoms with E-state index in [1.54, 1.807) is 25.9 Å². The molecule has 0 fully saturated rings. The zero-order valence-electron chi connectivity index (χ0n) is 9.91. The molecule has 0 aliphatic heterocycles. The standard InChI is InChI=1S/C9H15N5O3/c1-6(4-15)13(3)9-7(14(16)17)8(10-2)11-5-12-9/h5-6,15H,4H2,1-3H3,(H,10,11,12). The summed E-state index contributed by atoms with van der Waals surface area (Å²) in [6.07, 6.45) is 1.24. The Balaban J connectivity index is 3.27. The molecule has 1 unspecified atom stereocenters. The molecule has 1 rings (SSSR count). The van der Waals surface area contributed by atoms with Crippen LogP contribution in [0.4, 0.5) is 17.3 Å². The number of aromatic nitrogens is 2. The first-order valence-corrected chi connectivity index (χ1v) is 5.03. The van der Waals surface area contributed by atoms with E-state index in [0.717, 1.165) is 0 Å². The molecular formula is C9H15N5O3. The summed E-state index contributed by atoms with van der Waals surface area (Å²) >= 11 is 0. The second-order valence-corrected chi connectivity index (χ2v) is 3.54. The van der Waals surface area contributed by atoms with Gasteiger partial charge in [-0.3, -0.25) is 10.1 Å². The van der Waals surface area contributed by atoms with Crippen LogP contribution in [0, 0.1) is 10.1 Å². The second kappa shape index (κ2) is 5.39. The Bertz CT molecular complexity index is 412. The summed E-state index contributed by atoms with van der Waals surface area (Å²) in [5.41, 5.74) is -0.196. The van der Waals surface area contributed by atoms with Gasteiger partial charge in [-0.1, -0.05) is 0 Å². The van der Waals surface area contributed by atoms with E-state index in [1.807, 2.05) is 0 Å². The Hall–Kier alpha value is -1.96. The van der Waals surface area contributed by atoms with Crippen LogP contribution in [0.3, 0.4) is 0 Å². The molecule has 1 atom stereocenters. The number of hydrogen-bond acceptors (Lipinski definition) is 7. The Kier molecular flexibility index (Phi) is 4.16. The average Bonchev–Trinajstić information content (AvgIpc) is 2.35. The number of anilines is 2. The Labute approximate surface area is 98.5 Å². The van der Waals surface area contributed by atoms with Gasteiger partial charge in [0.2, 0.25) is 11.6 Å². The maximum absolute atomic E-state index is 11.0. The van der Waals surface area contributed by atoms with E-state index in [2.05, 4.69) is 15.3 Å². The molecule has 1 heterocycles. The molecule has 0 aliphatic carbocycles. The summed E-state index contributed by atoms with van der Waals surface area (Å²) in [7, 11) is 3.18. The monoisotopic (exact) mass is 241 g/mol. The summed E-state index contributed by atoms with van der Waals surface area (Å²) in [5.74, 6) is 0.327. The molecule has 0 amide bonds. The number of aliphatic hydroxyl groups is 1. The Morgan fingerprint density at radius 1 is 1.65 bits per heavy atom. The van der Waals surface area contributed by atoms with Crippen molar-refractivity contribution in [3.05, 3.63) is 16.4 Å². The van der Waals surface area contributed by atoms with Crippen LogP contribution in [-0.4, -0.2) is 46.7 Å². The van der Waals surface area contributed by atoms with Crippen LogP contribution in [0.15, 0.2) is 6.33 Å². The molecule has 2 N–H and O–H groups in total. The number of hydrogen-bond donors (Lipinski definition) is 2. The molecule has 94 valence electrons. The van der Waals surface area contributed by atoms with Gasteiger partial charge in [-0.05, 0) is 6.92 Å². The molecule has 8 heteroatoms. The highest BCUT2D eigenvalue weighted by atomic mass is 16.6. The molecule has 0 saturated carbocycles. The van der Waals surface area contributed by atoms with E-state index in [0.29, 0.717) is 0 Å². The van der Waals surface area contributed by atoms with Gasteiger partial charge in [-0.2, -0.15) is 0 Å². The summed E-state index contributed by atoms with van der Waals surface area (Å²) in [5, 5.41) is 22.7. The van der Waals surface area contributed by atoms with E-state index in [4.69, 9.17) is 5.11 Å². The molecule has 0 spiro atoms. The molecule has 0 saturated heterocycles. The maximum atomic E-state index is 11.0. The highest BCUT2D eigenvalue weighted by Crippen LogP contribution is 2.31. The lowest BCUT2D eigenvalue weighted by Crippen LogP contribution is -2.33. The highest BCUT2D eigenvalue weighted by Gasteiger charge is 2.26. The SMILES string of the molecule is CNc1ncnc(N(C)C(C)CO)c1[N+](=O)[O-]. The van der Waals surface area contributed by atoms with Crippen molar-refractivity contribution >= 4 is 17.3 Å². The van der Waals surface area contributed by atoms with Gasteiger partial charge in [-0.25, -0.2) is 9.97 Å². The quantitative estimate of drug-likeness (QED) is 0.562. The second-order valence-electron chi connectivity index (χ2n) is 3.54. The molecular weight excluding hydrogens is 226 g/mol. The van der Waals surface area contributed by atoms with Crippen LogP contribution in [0.5, 0.6) is 0 Å².